The minimum absolute atomic E-state index is 0.0667. The molecule has 0 aromatic carbocycles. The van der Waals surface area contributed by atoms with Gasteiger partial charge < -0.3 is 10.6 Å². The Morgan fingerprint density at radius 1 is 1.56 bits per heavy atom. The molecule has 0 atom stereocenters. The molecule has 0 unspecified atom stereocenters. The number of rotatable bonds is 2. The highest BCUT2D eigenvalue weighted by atomic mass is 19.4. The van der Waals surface area contributed by atoms with E-state index in [9.17, 15) is 18.0 Å². The standard InChI is InChI=1S/C8H11F3N4O/c1-14(2)7(16)6-5(12)3-13-15(6)4-8(9,10)11/h3H,4,12H2,1-2H3. The smallest absolute Gasteiger partial charge is 0.396 e. The zero-order valence-electron chi connectivity index (χ0n) is 8.75. The van der Waals surface area contributed by atoms with Crippen molar-refractivity contribution in [3.8, 4) is 0 Å². The molecule has 0 aliphatic heterocycles. The van der Waals surface area contributed by atoms with Crippen molar-refractivity contribution in [2.24, 2.45) is 0 Å². The quantitative estimate of drug-likeness (QED) is 0.823. The van der Waals surface area contributed by atoms with Crippen molar-refractivity contribution in [2.75, 3.05) is 19.8 Å². The Morgan fingerprint density at radius 2 is 2.12 bits per heavy atom. The lowest BCUT2D eigenvalue weighted by Gasteiger charge is -2.14. The highest BCUT2D eigenvalue weighted by Gasteiger charge is 2.31. The summed E-state index contributed by atoms with van der Waals surface area (Å²) in [7, 11) is 2.85. The van der Waals surface area contributed by atoms with Crippen LogP contribution in [0.1, 0.15) is 10.5 Å². The second kappa shape index (κ2) is 4.03. The van der Waals surface area contributed by atoms with Crippen molar-refractivity contribution < 1.29 is 18.0 Å². The minimum Gasteiger partial charge on any atom is -0.396 e. The molecular weight excluding hydrogens is 225 g/mol. The Kier molecular flexibility index (Phi) is 3.11. The van der Waals surface area contributed by atoms with E-state index >= 15 is 0 Å². The van der Waals surface area contributed by atoms with E-state index in [2.05, 4.69) is 5.10 Å². The largest absolute Gasteiger partial charge is 0.408 e. The average Bonchev–Trinajstić information content (AvgIpc) is 2.43. The lowest BCUT2D eigenvalue weighted by molar-refractivity contribution is -0.142. The summed E-state index contributed by atoms with van der Waals surface area (Å²) in [6, 6.07) is 0. The topological polar surface area (TPSA) is 64.2 Å². The van der Waals surface area contributed by atoms with E-state index < -0.39 is 18.6 Å². The summed E-state index contributed by atoms with van der Waals surface area (Å²) in [6.45, 7) is -1.33. The predicted octanol–water partition coefficient (Wildman–Crippen LogP) is 0.729. The number of hydrogen-bond acceptors (Lipinski definition) is 3. The first-order valence-electron chi connectivity index (χ1n) is 4.32. The molecule has 2 N–H and O–H groups in total. The maximum atomic E-state index is 12.2. The zero-order valence-corrected chi connectivity index (χ0v) is 8.75. The van der Waals surface area contributed by atoms with E-state index in [1.165, 1.54) is 14.1 Å². The van der Waals surface area contributed by atoms with Gasteiger partial charge in [0, 0.05) is 14.1 Å². The molecule has 0 fully saturated rings. The number of nitrogen functional groups attached to an aromatic ring is 1. The fraction of sp³-hybridized carbons (Fsp3) is 0.500. The molecule has 16 heavy (non-hydrogen) atoms. The van der Waals surface area contributed by atoms with Gasteiger partial charge in [0.05, 0.1) is 11.9 Å². The van der Waals surface area contributed by atoms with Crippen LogP contribution in [0.15, 0.2) is 6.20 Å². The highest BCUT2D eigenvalue weighted by molar-refractivity contribution is 5.97. The van der Waals surface area contributed by atoms with Gasteiger partial charge in [-0.3, -0.25) is 4.79 Å². The summed E-state index contributed by atoms with van der Waals surface area (Å²) in [5, 5.41) is 3.43. The first-order valence-corrected chi connectivity index (χ1v) is 4.32. The lowest BCUT2D eigenvalue weighted by Crippen LogP contribution is -2.28. The normalized spacial score (nSPS) is 11.6. The zero-order chi connectivity index (χ0) is 12.5. The molecule has 1 aromatic heterocycles. The molecule has 0 saturated heterocycles. The number of alkyl halides is 3. The van der Waals surface area contributed by atoms with Crippen LogP contribution in [0.3, 0.4) is 0 Å². The van der Waals surface area contributed by atoms with Gasteiger partial charge in [-0.05, 0) is 0 Å². The molecule has 0 spiro atoms. The first-order chi connectivity index (χ1) is 7.22. The molecule has 1 amide bonds. The van der Waals surface area contributed by atoms with Crippen LogP contribution in [0, 0.1) is 0 Å². The number of hydrogen-bond donors (Lipinski definition) is 1. The fourth-order valence-electron chi connectivity index (χ4n) is 1.14. The van der Waals surface area contributed by atoms with Gasteiger partial charge in [0.2, 0.25) is 0 Å². The van der Waals surface area contributed by atoms with Crippen molar-refractivity contribution in [2.45, 2.75) is 12.7 Å². The molecule has 1 rings (SSSR count). The maximum Gasteiger partial charge on any atom is 0.408 e. The Bertz CT molecular complexity index is 396. The van der Waals surface area contributed by atoms with E-state index in [0.717, 1.165) is 11.1 Å². The Morgan fingerprint density at radius 3 is 2.56 bits per heavy atom. The average molecular weight is 236 g/mol. The van der Waals surface area contributed by atoms with Crippen LogP contribution < -0.4 is 5.73 Å². The van der Waals surface area contributed by atoms with Gasteiger partial charge in [-0.25, -0.2) is 4.68 Å². The van der Waals surface area contributed by atoms with Crippen LogP contribution in [0.2, 0.25) is 0 Å². The summed E-state index contributed by atoms with van der Waals surface area (Å²) >= 11 is 0. The van der Waals surface area contributed by atoms with Gasteiger partial charge in [-0.1, -0.05) is 0 Å². The third kappa shape index (κ3) is 2.65. The first kappa shape index (κ1) is 12.3. The van der Waals surface area contributed by atoms with Gasteiger partial charge in [0.1, 0.15) is 12.2 Å². The molecule has 8 heteroatoms. The highest BCUT2D eigenvalue weighted by Crippen LogP contribution is 2.21. The van der Waals surface area contributed by atoms with E-state index in [1.807, 2.05) is 0 Å². The van der Waals surface area contributed by atoms with Crippen LogP contribution in [0.5, 0.6) is 0 Å². The van der Waals surface area contributed by atoms with E-state index in [4.69, 9.17) is 5.73 Å². The van der Waals surface area contributed by atoms with Crippen molar-refractivity contribution in [3.05, 3.63) is 11.9 Å². The predicted molar refractivity (Wildman–Crippen MR) is 50.7 cm³/mol. The monoisotopic (exact) mass is 236 g/mol. The van der Waals surface area contributed by atoms with E-state index in [0.29, 0.717) is 4.68 Å². The third-order valence-corrected chi connectivity index (χ3v) is 1.81. The number of carbonyl (C=O) groups excluding carboxylic acids is 1. The van der Waals surface area contributed by atoms with Crippen LogP contribution >= 0.6 is 0 Å². The summed E-state index contributed by atoms with van der Waals surface area (Å²) in [5.74, 6) is -0.612. The summed E-state index contributed by atoms with van der Waals surface area (Å²) in [5.41, 5.74) is 5.09. The maximum absolute atomic E-state index is 12.2. The van der Waals surface area contributed by atoms with Crippen LogP contribution in [-0.4, -0.2) is 40.9 Å². The van der Waals surface area contributed by atoms with Crippen LogP contribution in [0.25, 0.3) is 0 Å². The molecule has 0 aliphatic rings. The molecular formula is C8H11F3N4O. The number of aromatic nitrogens is 2. The molecule has 1 aromatic rings. The van der Waals surface area contributed by atoms with Gasteiger partial charge in [-0.15, -0.1) is 0 Å². The van der Waals surface area contributed by atoms with Gasteiger partial charge >= 0.3 is 6.18 Å². The van der Waals surface area contributed by atoms with Crippen molar-refractivity contribution in [3.63, 3.8) is 0 Å². The van der Waals surface area contributed by atoms with Gasteiger partial charge in [0.25, 0.3) is 5.91 Å². The van der Waals surface area contributed by atoms with Crippen molar-refractivity contribution in [1.82, 2.24) is 14.7 Å². The minimum atomic E-state index is -4.44. The molecule has 0 bridgehead atoms. The van der Waals surface area contributed by atoms with Crippen molar-refractivity contribution in [1.29, 1.82) is 0 Å². The summed E-state index contributed by atoms with van der Waals surface area (Å²) in [4.78, 5) is 12.7. The number of nitrogens with zero attached hydrogens (tertiary/aromatic N) is 3. The third-order valence-electron chi connectivity index (χ3n) is 1.81. The molecule has 0 aliphatic carbocycles. The van der Waals surface area contributed by atoms with Gasteiger partial charge in [-0.2, -0.15) is 18.3 Å². The molecule has 90 valence electrons. The van der Waals surface area contributed by atoms with Crippen LogP contribution in [0.4, 0.5) is 18.9 Å². The number of amides is 1. The SMILES string of the molecule is CN(C)C(=O)c1c(N)cnn1CC(F)(F)F. The summed E-state index contributed by atoms with van der Waals surface area (Å²) in [6.07, 6.45) is -3.41. The second-order valence-electron chi connectivity index (χ2n) is 3.42. The Labute approximate surface area is 89.6 Å². The fourth-order valence-corrected chi connectivity index (χ4v) is 1.14. The number of nitrogens with two attached hydrogens (primary N) is 1. The molecule has 5 nitrogen and oxygen atoms in total. The number of carbonyl (C=O) groups is 1. The number of anilines is 1. The molecule has 0 saturated carbocycles. The van der Waals surface area contributed by atoms with E-state index in [-0.39, 0.29) is 11.4 Å². The van der Waals surface area contributed by atoms with E-state index in [1.54, 1.807) is 0 Å². The lowest BCUT2D eigenvalue weighted by atomic mass is 10.3. The summed E-state index contributed by atoms with van der Waals surface area (Å²) < 4.78 is 37.1. The van der Waals surface area contributed by atoms with Crippen LogP contribution in [-0.2, 0) is 6.54 Å². The molecule has 1 heterocycles. The molecule has 0 radical (unpaired) electrons. The number of halogens is 3. The second-order valence-corrected chi connectivity index (χ2v) is 3.42. The van der Waals surface area contributed by atoms with Crippen molar-refractivity contribution >= 4 is 11.6 Å². The van der Waals surface area contributed by atoms with Gasteiger partial charge in [0.15, 0.2) is 0 Å². The Hall–Kier alpha value is -1.73. The Balaban J connectivity index is 3.08.